The number of carbonyl (C=O) groups excluding carboxylic acids is 2. The van der Waals surface area contributed by atoms with Crippen molar-refractivity contribution in [3.63, 3.8) is 0 Å². The molecule has 1 aromatic rings. The van der Waals surface area contributed by atoms with Gasteiger partial charge in [0.05, 0.1) is 12.5 Å². The van der Waals surface area contributed by atoms with Crippen LogP contribution in [0.5, 0.6) is 0 Å². The zero-order chi connectivity index (χ0) is 14.6. The first-order valence-electron chi connectivity index (χ1n) is 5.93. The number of halogens is 1. The molecule has 4 nitrogen and oxygen atoms in total. The molecular weight excluding hydrogens is 310 g/mol. The maximum absolute atomic E-state index is 12.0. The fourth-order valence-electron chi connectivity index (χ4n) is 2.12. The van der Waals surface area contributed by atoms with E-state index in [9.17, 15) is 9.59 Å². The normalized spacial score (nSPS) is 15.4. The maximum atomic E-state index is 12.0. The van der Waals surface area contributed by atoms with E-state index in [0.717, 1.165) is 10.0 Å². The highest BCUT2D eigenvalue weighted by atomic mass is 79.9. The van der Waals surface area contributed by atoms with Crippen LogP contribution in [-0.4, -0.2) is 19.0 Å². The summed E-state index contributed by atoms with van der Waals surface area (Å²) in [6.07, 6.45) is -0.0447. The van der Waals surface area contributed by atoms with E-state index in [1.807, 2.05) is 31.2 Å². The number of carbonyl (C=O) groups is 2. The number of ether oxygens (including phenoxy) is 1. The third kappa shape index (κ3) is 3.56. The molecule has 0 aromatic heterocycles. The summed E-state index contributed by atoms with van der Waals surface area (Å²) < 4.78 is 5.78. The van der Waals surface area contributed by atoms with Crippen LogP contribution in [0.25, 0.3) is 0 Å². The Hall–Kier alpha value is -1.36. The summed E-state index contributed by atoms with van der Waals surface area (Å²) in [4.78, 5) is 23.2. The van der Waals surface area contributed by atoms with Gasteiger partial charge >= 0.3 is 5.97 Å². The number of esters is 1. The van der Waals surface area contributed by atoms with Crippen molar-refractivity contribution in [2.75, 3.05) is 7.11 Å². The summed E-state index contributed by atoms with van der Waals surface area (Å²) in [5.74, 6) is -1.13. The minimum Gasteiger partial charge on any atom is -0.469 e. The third-order valence-corrected chi connectivity index (χ3v) is 4.05. The lowest BCUT2D eigenvalue weighted by atomic mass is 9.72. The number of amides is 1. The van der Waals surface area contributed by atoms with Crippen molar-refractivity contribution < 1.29 is 14.3 Å². The Kier molecular flexibility index (Phi) is 5.11. The quantitative estimate of drug-likeness (QED) is 0.845. The second-order valence-corrected chi connectivity index (χ2v) is 5.74. The molecule has 0 heterocycles. The Balaban J connectivity index is 3.13. The van der Waals surface area contributed by atoms with Crippen molar-refractivity contribution >= 4 is 27.8 Å². The minimum atomic E-state index is -0.964. The summed E-state index contributed by atoms with van der Waals surface area (Å²) in [5, 5.41) is 0. The third-order valence-electron chi connectivity index (χ3n) is 3.52. The minimum absolute atomic E-state index is 0.0447. The SMILES string of the molecule is COC(=O)C(C)(CC(N)=O)C(C)c1ccc(Br)cc1. The van der Waals surface area contributed by atoms with Gasteiger partial charge in [-0.25, -0.2) is 0 Å². The number of rotatable bonds is 5. The molecule has 2 unspecified atom stereocenters. The molecular formula is C14H18BrNO3. The smallest absolute Gasteiger partial charge is 0.312 e. The predicted octanol–water partition coefficient (Wildman–Crippen LogP) is 2.61. The zero-order valence-electron chi connectivity index (χ0n) is 11.3. The van der Waals surface area contributed by atoms with Gasteiger partial charge in [0.1, 0.15) is 0 Å². The molecule has 0 spiro atoms. The lowest BCUT2D eigenvalue weighted by molar-refractivity contribution is -0.155. The first-order chi connectivity index (χ1) is 8.81. The van der Waals surface area contributed by atoms with Gasteiger partial charge < -0.3 is 10.5 Å². The van der Waals surface area contributed by atoms with Crippen LogP contribution in [0.3, 0.4) is 0 Å². The van der Waals surface area contributed by atoms with Crippen LogP contribution in [0.15, 0.2) is 28.7 Å². The average Bonchev–Trinajstić information content (AvgIpc) is 2.36. The van der Waals surface area contributed by atoms with Crippen molar-refractivity contribution in [1.29, 1.82) is 0 Å². The molecule has 0 fully saturated rings. The Morgan fingerprint density at radius 3 is 2.32 bits per heavy atom. The molecule has 104 valence electrons. The lowest BCUT2D eigenvalue weighted by Gasteiger charge is -2.32. The van der Waals surface area contributed by atoms with Crippen molar-refractivity contribution in [3.05, 3.63) is 34.3 Å². The van der Waals surface area contributed by atoms with E-state index in [4.69, 9.17) is 10.5 Å². The fourth-order valence-corrected chi connectivity index (χ4v) is 2.38. The highest BCUT2D eigenvalue weighted by molar-refractivity contribution is 9.10. The molecule has 0 radical (unpaired) electrons. The van der Waals surface area contributed by atoms with Crippen LogP contribution in [0.1, 0.15) is 31.7 Å². The Morgan fingerprint density at radius 1 is 1.37 bits per heavy atom. The van der Waals surface area contributed by atoms with Crippen LogP contribution >= 0.6 is 15.9 Å². The van der Waals surface area contributed by atoms with Crippen molar-refractivity contribution in [2.24, 2.45) is 11.1 Å². The van der Waals surface area contributed by atoms with Crippen molar-refractivity contribution in [1.82, 2.24) is 0 Å². The summed E-state index contributed by atoms with van der Waals surface area (Å²) in [6, 6.07) is 7.62. The van der Waals surface area contributed by atoms with Gasteiger partial charge in [-0.05, 0) is 30.5 Å². The molecule has 0 bridgehead atoms. The predicted molar refractivity (Wildman–Crippen MR) is 76.5 cm³/mol. The summed E-state index contributed by atoms with van der Waals surface area (Å²) >= 11 is 3.36. The van der Waals surface area contributed by atoms with Crippen LogP contribution in [0, 0.1) is 5.41 Å². The Bertz CT molecular complexity index is 472. The van der Waals surface area contributed by atoms with Gasteiger partial charge in [-0.2, -0.15) is 0 Å². The molecule has 0 aliphatic heterocycles. The molecule has 1 aromatic carbocycles. The first kappa shape index (κ1) is 15.7. The number of methoxy groups -OCH3 is 1. The number of primary amides is 1. The van der Waals surface area contributed by atoms with Gasteiger partial charge in [0.15, 0.2) is 0 Å². The summed E-state index contributed by atoms with van der Waals surface area (Å²) in [6.45, 7) is 3.60. The maximum Gasteiger partial charge on any atom is 0.312 e. The molecule has 1 amide bonds. The number of benzene rings is 1. The van der Waals surface area contributed by atoms with Gasteiger partial charge in [0, 0.05) is 10.9 Å². The van der Waals surface area contributed by atoms with Crippen LogP contribution in [0.4, 0.5) is 0 Å². The molecule has 0 saturated heterocycles. The van der Waals surface area contributed by atoms with Gasteiger partial charge in [-0.3, -0.25) is 9.59 Å². The fraction of sp³-hybridized carbons (Fsp3) is 0.429. The Labute approximate surface area is 121 Å². The molecule has 0 saturated carbocycles. The van der Waals surface area contributed by atoms with E-state index < -0.39 is 17.3 Å². The highest BCUT2D eigenvalue weighted by Crippen LogP contribution is 2.39. The van der Waals surface area contributed by atoms with Crippen molar-refractivity contribution in [3.8, 4) is 0 Å². The van der Waals surface area contributed by atoms with E-state index in [1.54, 1.807) is 6.92 Å². The lowest BCUT2D eigenvalue weighted by Crippen LogP contribution is -2.38. The molecule has 2 atom stereocenters. The number of nitrogens with two attached hydrogens (primary N) is 1. The van der Waals surface area contributed by atoms with E-state index in [2.05, 4.69) is 15.9 Å². The van der Waals surface area contributed by atoms with E-state index in [-0.39, 0.29) is 12.3 Å². The Morgan fingerprint density at radius 2 is 1.89 bits per heavy atom. The molecule has 0 aliphatic rings. The molecule has 1 rings (SSSR count). The second kappa shape index (κ2) is 6.19. The summed E-state index contributed by atoms with van der Waals surface area (Å²) in [7, 11) is 1.32. The highest BCUT2D eigenvalue weighted by Gasteiger charge is 2.42. The van der Waals surface area contributed by atoms with E-state index in [1.165, 1.54) is 7.11 Å². The standard InChI is InChI=1S/C14H18BrNO3/c1-9(10-4-6-11(15)7-5-10)14(2,8-12(16)17)13(18)19-3/h4-7,9H,8H2,1-3H3,(H2,16,17). The molecule has 0 aliphatic carbocycles. The van der Waals surface area contributed by atoms with E-state index >= 15 is 0 Å². The molecule has 19 heavy (non-hydrogen) atoms. The van der Waals surface area contributed by atoms with Crippen LogP contribution < -0.4 is 5.73 Å². The van der Waals surface area contributed by atoms with Gasteiger partial charge in [-0.1, -0.05) is 35.0 Å². The monoisotopic (exact) mass is 327 g/mol. The second-order valence-electron chi connectivity index (χ2n) is 4.83. The van der Waals surface area contributed by atoms with Gasteiger partial charge in [0.2, 0.25) is 5.91 Å². The summed E-state index contributed by atoms with van der Waals surface area (Å²) in [5.41, 5.74) is 5.25. The molecule has 2 N–H and O–H groups in total. The van der Waals surface area contributed by atoms with Crippen LogP contribution in [0.2, 0.25) is 0 Å². The zero-order valence-corrected chi connectivity index (χ0v) is 12.9. The number of hydrogen-bond acceptors (Lipinski definition) is 3. The first-order valence-corrected chi connectivity index (χ1v) is 6.72. The van der Waals surface area contributed by atoms with Crippen molar-refractivity contribution in [2.45, 2.75) is 26.2 Å². The van der Waals surface area contributed by atoms with E-state index in [0.29, 0.717) is 0 Å². The largest absolute Gasteiger partial charge is 0.469 e. The average molecular weight is 328 g/mol. The van der Waals surface area contributed by atoms with Gasteiger partial charge in [-0.15, -0.1) is 0 Å². The molecule has 5 heteroatoms. The topological polar surface area (TPSA) is 69.4 Å². The van der Waals surface area contributed by atoms with Gasteiger partial charge in [0.25, 0.3) is 0 Å². The number of hydrogen-bond donors (Lipinski definition) is 1. The van der Waals surface area contributed by atoms with Crippen LogP contribution in [-0.2, 0) is 14.3 Å².